The second kappa shape index (κ2) is 6.65. The topological polar surface area (TPSA) is 113 Å². The average Bonchev–Trinajstić information content (AvgIpc) is 3.45. The summed E-state index contributed by atoms with van der Waals surface area (Å²) in [6, 6.07) is 10.0. The molecular weight excluding hydrogens is 324 g/mol. The van der Waals surface area contributed by atoms with Crippen LogP contribution in [0.15, 0.2) is 30.3 Å². The Morgan fingerprint density at radius 2 is 2.20 bits per heavy atom. The van der Waals surface area contributed by atoms with Gasteiger partial charge in [-0.3, -0.25) is 10.1 Å². The molecule has 1 aliphatic carbocycles. The number of pyridine rings is 1. The van der Waals surface area contributed by atoms with Crippen molar-refractivity contribution in [3.05, 3.63) is 51.7 Å². The monoisotopic (exact) mass is 340 g/mol. The SMILES string of the molecule is COc1cc(CN(c2ccc([N+](=O)[O-])c(C#N)n2)C2CC2)ccc1O. The number of anilines is 1. The lowest BCUT2D eigenvalue weighted by atomic mass is 10.2. The number of phenols is 1. The standard InChI is InChI=1S/C17H16N4O4/c1-25-16-8-11(2-6-15(16)22)10-20(12-3-4-12)17-7-5-14(21(23)24)13(9-18)19-17/h2,5-8,12,22H,3-4,10H2,1H3. The second-order valence-electron chi connectivity index (χ2n) is 5.77. The fraction of sp³-hybridized carbons (Fsp3) is 0.294. The average molecular weight is 340 g/mol. The minimum Gasteiger partial charge on any atom is -0.504 e. The van der Waals surface area contributed by atoms with Gasteiger partial charge in [-0.1, -0.05) is 6.07 Å². The highest BCUT2D eigenvalue weighted by Crippen LogP contribution is 2.34. The predicted octanol–water partition coefficient (Wildman–Crippen LogP) is 2.74. The number of nitriles is 1. The van der Waals surface area contributed by atoms with Crippen molar-refractivity contribution in [3.63, 3.8) is 0 Å². The lowest BCUT2D eigenvalue weighted by Crippen LogP contribution is -2.26. The third-order valence-electron chi connectivity index (χ3n) is 4.04. The molecule has 1 N–H and O–H groups in total. The van der Waals surface area contributed by atoms with Gasteiger partial charge < -0.3 is 14.7 Å². The number of hydrogen-bond acceptors (Lipinski definition) is 7. The first-order valence-electron chi connectivity index (χ1n) is 7.71. The molecule has 0 aliphatic heterocycles. The minimum absolute atomic E-state index is 0.0597. The Morgan fingerprint density at radius 3 is 2.80 bits per heavy atom. The number of aromatic nitrogens is 1. The van der Waals surface area contributed by atoms with E-state index < -0.39 is 4.92 Å². The quantitative estimate of drug-likeness (QED) is 0.635. The Kier molecular flexibility index (Phi) is 4.39. The molecule has 0 spiro atoms. The van der Waals surface area contributed by atoms with Crippen LogP contribution in [0.25, 0.3) is 0 Å². The number of nitro groups is 1. The minimum atomic E-state index is -0.609. The van der Waals surface area contributed by atoms with Crippen LogP contribution in [0.2, 0.25) is 0 Å². The van der Waals surface area contributed by atoms with Crippen LogP contribution in [0.5, 0.6) is 11.5 Å². The first kappa shape index (κ1) is 16.5. The predicted molar refractivity (Wildman–Crippen MR) is 89.5 cm³/mol. The molecule has 25 heavy (non-hydrogen) atoms. The van der Waals surface area contributed by atoms with E-state index in [0.29, 0.717) is 18.1 Å². The molecule has 1 heterocycles. The van der Waals surface area contributed by atoms with E-state index in [9.17, 15) is 15.2 Å². The molecule has 0 radical (unpaired) electrons. The van der Waals surface area contributed by atoms with Crippen molar-refractivity contribution < 1.29 is 14.8 Å². The van der Waals surface area contributed by atoms with Crippen molar-refractivity contribution in [1.82, 2.24) is 4.98 Å². The summed E-state index contributed by atoms with van der Waals surface area (Å²) in [5.41, 5.74) is 0.407. The van der Waals surface area contributed by atoms with E-state index in [1.54, 1.807) is 30.3 Å². The molecule has 1 aromatic heterocycles. The van der Waals surface area contributed by atoms with E-state index in [2.05, 4.69) is 4.98 Å². The highest BCUT2D eigenvalue weighted by molar-refractivity contribution is 5.53. The van der Waals surface area contributed by atoms with Crippen LogP contribution in [0, 0.1) is 21.4 Å². The third kappa shape index (κ3) is 3.45. The van der Waals surface area contributed by atoms with E-state index in [-0.39, 0.29) is 23.2 Å². The summed E-state index contributed by atoms with van der Waals surface area (Å²) in [7, 11) is 1.48. The van der Waals surface area contributed by atoms with Gasteiger partial charge in [-0.25, -0.2) is 4.98 Å². The van der Waals surface area contributed by atoms with Crippen molar-refractivity contribution in [3.8, 4) is 17.6 Å². The summed E-state index contributed by atoms with van der Waals surface area (Å²) in [5.74, 6) is 0.962. The van der Waals surface area contributed by atoms with Gasteiger partial charge in [0.25, 0.3) is 0 Å². The van der Waals surface area contributed by atoms with Crippen LogP contribution < -0.4 is 9.64 Å². The molecule has 0 bridgehead atoms. The van der Waals surface area contributed by atoms with E-state index in [0.717, 1.165) is 18.4 Å². The zero-order valence-corrected chi connectivity index (χ0v) is 13.5. The van der Waals surface area contributed by atoms with Gasteiger partial charge in [0, 0.05) is 18.7 Å². The number of hydrogen-bond donors (Lipinski definition) is 1. The fourth-order valence-corrected chi connectivity index (χ4v) is 2.63. The first-order valence-corrected chi connectivity index (χ1v) is 7.71. The van der Waals surface area contributed by atoms with Crippen molar-refractivity contribution >= 4 is 11.5 Å². The highest BCUT2D eigenvalue weighted by atomic mass is 16.6. The second-order valence-corrected chi connectivity index (χ2v) is 5.77. The van der Waals surface area contributed by atoms with E-state index in [4.69, 9.17) is 10.00 Å². The zero-order valence-electron chi connectivity index (χ0n) is 13.5. The largest absolute Gasteiger partial charge is 0.504 e. The van der Waals surface area contributed by atoms with Gasteiger partial charge in [0.1, 0.15) is 11.9 Å². The van der Waals surface area contributed by atoms with Crippen molar-refractivity contribution in [2.75, 3.05) is 12.0 Å². The number of methoxy groups -OCH3 is 1. The van der Waals surface area contributed by atoms with Crippen LogP contribution in [0.1, 0.15) is 24.1 Å². The van der Waals surface area contributed by atoms with Crippen molar-refractivity contribution in [1.29, 1.82) is 5.26 Å². The van der Waals surface area contributed by atoms with Crippen LogP contribution >= 0.6 is 0 Å². The molecule has 3 rings (SSSR count). The maximum absolute atomic E-state index is 11.0. The lowest BCUT2D eigenvalue weighted by molar-refractivity contribution is -0.385. The number of phenolic OH excluding ortho intramolecular Hbond substituents is 1. The Bertz CT molecular complexity index is 858. The number of nitrogens with zero attached hydrogens (tertiary/aromatic N) is 4. The van der Waals surface area contributed by atoms with Gasteiger partial charge in [-0.05, 0) is 36.6 Å². The molecule has 8 nitrogen and oxygen atoms in total. The van der Waals surface area contributed by atoms with Gasteiger partial charge in [0.05, 0.1) is 12.0 Å². The molecular formula is C17H16N4O4. The van der Waals surface area contributed by atoms with E-state index in [1.165, 1.54) is 13.2 Å². The zero-order chi connectivity index (χ0) is 18.0. The Balaban J connectivity index is 1.92. The summed E-state index contributed by atoms with van der Waals surface area (Å²) in [6.07, 6.45) is 1.99. The molecule has 0 saturated heterocycles. The maximum atomic E-state index is 11.0. The van der Waals surface area contributed by atoms with Crippen LogP contribution in [0.4, 0.5) is 11.5 Å². The van der Waals surface area contributed by atoms with Crippen LogP contribution in [-0.4, -0.2) is 28.2 Å². The molecule has 2 aromatic rings. The van der Waals surface area contributed by atoms with Gasteiger partial charge in [-0.15, -0.1) is 0 Å². The molecule has 1 saturated carbocycles. The number of ether oxygens (including phenoxy) is 1. The summed E-state index contributed by atoms with van der Waals surface area (Å²) in [5, 5.41) is 29.8. The molecule has 0 amide bonds. The Morgan fingerprint density at radius 1 is 1.44 bits per heavy atom. The summed E-state index contributed by atoms with van der Waals surface area (Å²) in [6.45, 7) is 0.497. The molecule has 1 aromatic carbocycles. The Hall–Kier alpha value is -3.34. The normalized spacial score (nSPS) is 13.1. The number of aromatic hydroxyl groups is 1. The summed E-state index contributed by atoms with van der Waals surface area (Å²) >= 11 is 0. The molecule has 128 valence electrons. The molecule has 1 aliphatic rings. The first-order chi connectivity index (χ1) is 12.0. The molecule has 0 atom stereocenters. The number of rotatable bonds is 6. The lowest BCUT2D eigenvalue weighted by Gasteiger charge is -2.24. The van der Waals surface area contributed by atoms with Crippen LogP contribution in [0.3, 0.4) is 0 Å². The number of benzene rings is 1. The highest BCUT2D eigenvalue weighted by Gasteiger charge is 2.31. The summed E-state index contributed by atoms with van der Waals surface area (Å²) < 4.78 is 5.13. The van der Waals surface area contributed by atoms with Crippen molar-refractivity contribution in [2.45, 2.75) is 25.4 Å². The van der Waals surface area contributed by atoms with Crippen LogP contribution in [-0.2, 0) is 6.54 Å². The maximum Gasteiger partial charge on any atom is 0.305 e. The smallest absolute Gasteiger partial charge is 0.305 e. The molecule has 0 unspecified atom stereocenters. The molecule has 8 heteroatoms. The van der Waals surface area contributed by atoms with Gasteiger partial charge in [0.15, 0.2) is 11.5 Å². The fourth-order valence-electron chi connectivity index (χ4n) is 2.63. The molecule has 1 fully saturated rings. The van der Waals surface area contributed by atoms with Gasteiger partial charge in [0.2, 0.25) is 5.69 Å². The Labute approximate surface area is 144 Å². The summed E-state index contributed by atoms with van der Waals surface area (Å²) in [4.78, 5) is 16.5. The van der Waals surface area contributed by atoms with Gasteiger partial charge >= 0.3 is 5.69 Å². The third-order valence-corrected chi connectivity index (χ3v) is 4.04. The van der Waals surface area contributed by atoms with Gasteiger partial charge in [-0.2, -0.15) is 5.26 Å². The van der Waals surface area contributed by atoms with E-state index >= 15 is 0 Å². The van der Waals surface area contributed by atoms with Crippen molar-refractivity contribution in [2.24, 2.45) is 0 Å². The van der Waals surface area contributed by atoms with E-state index in [1.807, 2.05) is 4.90 Å².